The summed E-state index contributed by atoms with van der Waals surface area (Å²) in [6.45, 7) is 0. The predicted molar refractivity (Wildman–Crippen MR) is 112 cm³/mol. The van der Waals surface area contributed by atoms with Gasteiger partial charge in [0.2, 0.25) is 0 Å². The Balaban J connectivity index is 1.86. The average Bonchev–Trinajstić information content (AvgIpc) is 2.78. The van der Waals surface area contributed by atoms with Gasteiger partial charge >= 0.3 is 5.97 Å². The van der Waals surface area contributed by atoms with Crippen LogP contribution in [0.3, 0.4) is 0 Å². The van der Waals surface area contributed by atoms with Crippen molar-refractivity contribution >= 4 is 22.8 Å². The lowest BCUT2D eigenvalue weighted by atomic mass is 9.94. The number of ether oxygens (including phenoxy) is 1. The van der Waals surface area contributed by atoms with Gasteiger partial charge in [-0.25, -0.2) is 19.2 Å². The summed E-state index contributed by atoms with van der Waals surface area (Å²) in [6, 6.07) is 11.9. The van der Waals surface area contributed by atoms with Gasteiger partial charge in [-0.15, -0.1) is 0 Å². The second kappa shape index (κ2) is 8.15. The van der Waals surface area contributed by atoms with E-state index in [0.29, 0.717) is 22.6 Å². The molecule has 1 fully saturated rings. The van der Waals surface area contributed by atoms with Crippen molar-refractivity contribution in [2.45, 2.75) is 38.1 Å². The number of benzene rings is 2. The lowest BCUT2D eigenvalue weighted by Gasteiger charge is -2.33. The molecule has 3 aromatic rings. The van der Waals surface area contributed by atoms with E-state index in [1.807, 2.05) is 7.05 Å². The Kier molecular flexibility index (Phi) is 5.43. The Morgan fingerprint density at radius 1 is 1.03 bits per heavy atom. The van der Waals surface area contributed by atoms with Crippen LogP contribution in [0.5, 0.6) is 0 Å². The molecule has 5 nitrogen and oxygen atoms in total. The minimum atomic E-state index is -0.404. The number of anilines is 1. The number of hydrogen-bond acceptors (Lipinski definition) is 5. The number of hydrogen-bond donors (Lipinski definition) is 0. The molecular weight excluding hydrogens is 369 g/mol. The van der Waals surface area contributed by atoms with Gasteiger partial charge in [-0.2, -0.15) is 0 Å². The molecule has 2 aromatic carbocycles. The van der Waals surface area contributed by atoms with Crippen molar-refractivity contribution in [1.82, 2.24) is 9.97 Å². The normalized spacial score (nSPS) is 14.7. The third-order valence-corrected chi connectivity index (χ3v) is 5.64. The van der Waals surface area contributed by atoms with Crippen molar-refractivity contribution in [3.63, 3.8) is 0 Å². The van der Waals surface area contributed by atoms with E-state index in [4.69, 9.17) is 14.7 Å². The zero-order chi connectivity index (χ0) is 20.4. The first kappa shape index (κ1) is 19.3. The molecule has 0 radical (unpaired) electrons. The third kappa shape index (κ3) is 3.92. The molecule has 0 N–H and O–H groups in total. The first-order valence-corrected chi connectivity index (χ1v) is 9.95. The molecule has 0 aliphatic heterocycles. The molecule has 6 heteroatoms. The summed E-state index contributed by atoms with van der Waals surface area (Å²) >= 11 is 0. The fourth-order valence-electron chi connectivity index (χ4n) is 3.98. The van der Waals surface area contributed by atoms with Gasteiger partial charge in [0, 0.05) is 18.7 Å². The maximum absolute atomic E-state index is 13.5. The van der Waals surface area contributed by atoms with Crippen molar-refractivity contribution in [3.8, 4) is 11.3 Å². The quantitative estimate of drug-likeness (QED) is 0.585. The van der Waals surface area contributed by atoms with Crippen molar-refractivity contribution in [2.24, 2.45) is 0 Å². The summed E-state index contributed by atoms with van der Waals surface area (Å²) < 4.78 is 18.3. The Morgan fingerprint density at radius 2 is 1.76 bits per heavy atom. The Morgan fingerprint density at radius 3 is 2.45 bits per heavy atom. The van der Waals surface area contributed by atoms with E-state index in [0.717, 1.165) is 29.9 Å². The van der Waals surface area contributed by atoms with E-state index < -0.39 is 5.97 Å². The number of carbonyl (C=O) groups excluding carboxylic acids is 1. The van der Waals surface area contributed by atoms with Crippen LogP contribution in [0.2, 0.25) is 0 Å². The van der Waals surface area contributed by atoms with Gasteiger partial charge in [0.15, 0.2) is 5.82 Å². The van der Waals surface area contributed by atoms with Crippen LogP contribution in [-0.2, 0) is 4.74 Å². The van der Waals surface area contributed by atoms with E-state index in [1.165, 1.54) is 38.5 Å². The van der Waals surface area contributed by atoms with E-state index in [-0.39, 0.29) is 5.82 Å². The zero-order valence-corrected chi connectivity index (χ0v) is 16.7. The molecular formula is C23H24FN3O2. The lowest BCUT2D eigenvalue weighted by Crippen LogP contribution is -2.34. The summed E-state index contributed by atoms with van der Waals surface area (Å²) in [5, 5.41) is 0. The standard InChI is InChI=1S/C23H24FN3O2/c1-27(18-6-4-3-5-7-18)22-21(15-8-11-17(24)12-9-15)25-19-13-10-16(23(28)29-2)14-20(19)26-22/h8-14,18H,3-7H2,1-2H3. The van der Waals surface area contributed by atoms with Gasteiger partial charge in [-0.3, -0.25) is 0 Å². The molecule has 0 spiro atoms. The van der Waals surface area contributed by atoms with Gasteiger partial charge in [0.05, 0.1) is 23.7 Å². The molecule has 1 aliphatic carbocycles. The molecule has 0 bridgehead atoms. The highest BCUT2D eigenvalue weighted by Crippen LogP contribution is 2.33. The fourth-order valence-corrected chi connectivity index (χ4v) is 3.98. The first-order valence-electron chi connectivity index (χ1n) is 9.95. The maximum atomic E-state index is 13.5. The number of esters is 1. The highest BCUT2D eigenvalue weighted by Gasteiger charge is 2.23. The SMILES string of the molecule is COC(=O)c1ccc2nc(-c3ccc(F)cc3)c(N(C)C3CCCCC3)nc2c1. The van der Waals surface area contributed by atoms with Gasteiger partial charge in [-0.05, 0) is 55.3 Å². The van der Waals surface area contributed by atoms with Crippen molar-refractivity contribution in [1.29, 1.82) is 0 Å². The number of aromatic nitrogens is 2. The average molecular weight is 393 g/mol. The zero-order valence-electron chi connectivity index (χ0n) is 16.7. The van der Waals surface area contributed by atoms with Gasteiger partial charge in [0.25, 0.3) is 0 Å². The van der Waals surface area contributed by atoms with Crippen molar-refractivity contribution < 1.29 is 13.9 Å². The van der Waals surface area contributed by atoms with E-state index in [9.17, 15) is 9.18 Å². The second-order valence-electron chi connectivity index (χ2n) is 7.50. The summed E-state index contributed by atoms with van der Waals surface area (Å²) in [7, 11) is 3.40. The van der Waals surface area contributed by atoms with E-state index in [1.54, 1.807) is 30.3 Å². The first-order chi connectivity index (χ1) is 14.1. The molecule has 1 heterocycles. The third-order valence-electron chi connectivity index (χ3n) is 5.64. The van der Waals surface area contributed by atoms with E-state index in [2.05, 4.69) is 4.90 Å². The Hall–Kier alpha value is -3.02. The van der Waals surface area contributed by atoms with Crippen LogP contribution in [0.25, 0.3) is 22.3 Å². The van der Waals surface area contributed by atoms with Gasteiger partial charge in [0.1, 0.15) is 11.5 Å². The largest absolute Gasteiger partial charge is 0.465 e. The molecule has 0 atom stereocenters. The molecule has 1 aliphatic rings. The smallest absolute Gasteiger partial charge is 0.337 e. The molecule has 0 saturated heterocycles. The molecule has 29 heavy (non-hydrogen) atoms. The fraction of sp³-hybridized carbons (Fsp3) is 0.348. The topological polar surface area (TPSA) is 55.3 Å². The minimum Gasteiger partial charge on any atom is -0.465 e. The molecule has 0 unspecified atom stereocenters. The van der Waals surface area contributed by atoms with Gasteiger partial charge < -0.3 is 9.64 Å². The van der Waals surface area contributed by atoms with Crippen LogP contribution in [0.1, 0.15) is 42.5 Å². The highest BCUT2D eigenvalue weighted by atomic mass is 19.1. The van der Waals surface area contributed by atoms with Crippen LogP contribution in [0, 0.1) is 5.82 Å². The number of methoxy groups -OCH3 is 1. The van der Waals surface area contributed by atoms with Crippen LogP contribution in [0.15, 0.2) is 42.5 Å². The highest BCUT2D eigenvalue weighted by molar-refractivity contribution is 5.94. The summed E-state index contributed by atoms with van der Waals surface area (Å²) in [5.74, 6) is 0.0592. The summed E-state index contributed by atoms with van der Waals surface area (Å²) in [4.78, 5) is 23.8. The van der Waals surface area contributed by atoms with Crippen LogP contribution in [-0.4, -0.2) is 36.1 Å². The number of carbonyl (C=O) groups is 1. The molecule has 150 valence electrons. The van der Waals surface area contributed by atoms with Crippen LogP contribution >= 0.6 is 0 Å². The van der Waals surface area contributed by atoms with Crippen molar-refractivity contribution in [3.05, 3.63) is 53.8 Å². The number of rotatable bonds is 4. The number of nitrogens with zero attached hydrogens (tertiary/aromatic N) is 3. The maximum Gasteiger partial charge on any atom is 0.337 e. The van der Waals surface area contributed by atoms with Gasteiger partial charge in [-0.1, -0.05) is 19.3 Å². The van der Waals surface area contributed by atoms with Crippen LogP contribution in [0.4, 0.5) is 10.2 Å². The Bertz CT molecular complexity index is 1030. The summed E-state index contributed by atoms with van der Waals surface area (Å²) in [6.07, 6.45) is 5.90. The summed E-state index contributed by atoms with van der Waals surface area (Å²) in [5.41, 5.74) is 3.29. The molecule has 0 amide bonds. The molecule has 1 aromatic heterocycles. The number of fused-ring (bicyclic) bond motifs is 1. The molecule has 1 saturated carbocycles. The number of halogens is 1. The predicted octanol–water partition coefficient (Wildman–Crippen LogP) is 4.99. The second-order valence-corrected chi connectivity index (χ2v) is 7.50. The van der Waals surface area contributed by atoms with Crippen molar-refractivity contribution in [2.75, 3.05) is 19.1 Å². The minimum absolute atomic E-state index is 0.285. The monoisotopic (exact) mass is 393 g/mol. The van der Waals surface area contributed by atoms with Crippen LogP contribution < -0.4 is 4.90 Å². The molecule has 4 rings (SSSR count). The Labute approximate surface area is 169 Å². The lowest BCUT2D eigenvalue weighted by molar-refractivity contribution is 0.0601. The van der Waals surface area contributed by atoms with E-state index >= 15 is 0 Å².